The van der Waals surface area contributed by atoms with Gasteiger partial charge < -0.3 is 5.73 Å². The number of imide groups is 1. The van der Waals surface area contributed by atoms with E-state index in [1.54, 1.807) is 10.2 Å². The molecule has 0 saturated carbocycles. The Morgan fingerprint density at radius 1 is 1.50 bits per heavy atom. The summed E-state index contributed by atoms with van der Waals surface area (Å²) in [6, 6.07) is -1.78. The fourth-order valence-corrected chi connectivity index (χ4v) is 0.183. The number of nitrogens with two attached hydrogens (primary N) is 1. The number of hydrogen-bond donors (Lipinski definition) is 3. The van der Waals surface area contributed by atoms with Gasteiger partial charge in [0.25, 0.3) is 0 Å². The van der Waals surface area contributed by atoms with Gasteiger partial charge in [0.2, 0.25) is 0 Å². The van der Waals surface area contributed by atoms with E-state index in [-0.39, 0.29) is 0 Å². The van der Waals surface area contributed by atoms with E-state index in [0.717, 1.165) is 0 Å². The number of carbonyl (C=O) groups is 2. The van der Waals surface area contributed by atoms with E-state index in [1.165, 1.54) is 0 Å². The Morgan fingerprint density at radius 3 is 2.12 bits per heavy atom. The molecule has 0 spiro atoms. The van der Waals surface area contributed by atoms with Crippen LogP contribution in [0.1, 0.15) is 0 Å². The lowest BCUT2D eigenvalue weighted by atomic mass is 10.9. The second kappa shape index (κ2) is 3.09. The largest absolute Gasteiger partial charge is 0.351 e. The fourth-order valence-electron chi connectivity index (χ4n) is 0.136. The highest BCUT2D eigenvalue weighted by molar-refractivity contribution is 6.22. The van der Waals surface area contributed by atoms with E-state index < -0.39 is 12.1 Å². The number of urea groups is 2. The second-order valence-corrected chi connectivity index (χ2v) is 1.10. The van der Waals surface area contributed by atoms with Crippen LogP contribution in [-0.4, -0.2) is 12.1 Å². The molecule has 0 bridgehead atoms. The van der Waals surface area contributed by atoms with Gasteiger partial charge in [0.05, 0.1) is 0 Å². The van der Waals surface area contributed by atoms with E-state index in [9.17, 15) is 9.59 Å². The number of carbonyl (C=O) groups excluding carboxylic acids is 2. The Kier molecular flexibility index (Phi) is 2.71. The van der Waals surface area contributed by atoms with E-state index in [1.807, 2.05) is 0 Å². The Morgan fingerprint density at radius 2 is 2.00 bits per heavy atom. The molecule has 46 valence electrons. The summed E-state index contributed by atoms with van der Waals surface area (Å²) < 4.78 is 0. The smallest absolute Gasteiger partial charge is 0.337 e. The summed E-state index contributed by atoms with van der Waals surface area (Å²) in [5.41, 5.74) is 4.50. The third kappa shape index (κ3) is 3.23. The maximum absolute atomic E-state index is 9.97. The zero-order valence-electron chi connectivity index (χ0n) is 3.77. The average molecular weight is 138 g/mol. The Hall–Kier alpha value is -0.970. The molecule has 0 atom stereocenters. The SMILES string of the molecule is NC(=O)NC(=O)NCl. The minimum absolute atomic E-state index is 0.834. The highest BCUT2D eigenvalue weighted by Crippen LogP contribution is 1.64. The minimum Gasteiger partial charge on any atom is -0.351 e. The molecule has 0 saturated heterocycles. The third-order valence-corrected chi connectivity index (χ3v) is 0.494. The van der Waals surface area contributed by atoms with E-state index in [2.05, 4.69) is 5.73 Å². The fraction of sp³-hybridized carbons (Fsp3) is 0. The molecule has 0 aliphatic heterocycles. The van der Waals surface area contributed by atoms with Crippen LogP contribution in [0.25, 0.3) is 0 Å². The van der Waals surface area contributed by atoms with Crippen LogP contribution < -0.4 is 15.9 Å². The highest BCUT2D eigenvalue weighted by atomic mass is 35.5. The summed E-state index contributed by atoms with van der Waals surface area (Å²) >= 11 is 4.73. The standard InChI is InChI=1S/C2H4ClN3O2/c3-6-2(8)5-1(4)7/h(H4,4,5,6,7,8). The van der Waals surface area contributed by atoms with Crippen molar-refractivity contribution in [1.82, 2.24) is 10.2 Å². The lowest BCUT2D eigenvalue weighted by Crippen LogP contribution is -2.38. The van der Waals surface area contributed by atoms with Crippen LogP contribution in [0, 0.1) is 0 Å². The Balaban J connectivity index is 3.40. The topological polar surface area (TPSA) is 84.2 Å². The molecule has 0 aromatic carbocycles. The Bertz CT molecular complexity index is 114. The summed E-state index contributed by atoms with van der Waals surface area (Å²) in [5, 5.41) is 1.65. The number of primary amides is 1. The molecule has 0 aromatic heterocycles. The molecule has 0 rings (SSSR count). The summed E-state index contributed by atoms with van der Waals surface area (Å²) in [6.07, 6.45) is 0. The summed E-state index contributed by atoms with van der Waals surface area (Å²) in [5.74, 6) is 0. The van der Waals surface area contributed by atoms with Crippen molar-refractivity contribution in [3.63, 3.8) is 0 Å². The zero-order valence-corrected chi connectivity index (χ0v) is 4.53. The second-order valence-electron chi connectivity index (χ2n) is 0.913. The van der Waals surface area contributed by atoms with Gasteiger partial charge in [-0.1, -0.05) is 0 Å². The first-order valence-corrected chi connectivity index (χ1v) is 2.01. The molecule has 5 nitrogen and oxygen atoms in total. The van der Waals surface area contributed by atoms with Gasteiger partial charge in [-0.05, 0) is 0 Å². The van der Waals surface area contributed by atoms with Crippen molar-refractivity contribution in [1.29, 1.82) is 0 Å². The van der Waals surface area contributed by atoms with Gasteiger partial charge in [-0.3, -0.25) is 5.32 Å². The van der Waals surface area contributed by atoms with Crippen LogP contribution in [0.2, 0.25) is 0 Å². The number of halogens is 1. The molecule has 8 heavy (non-hydrogen) atoms. The molecule has 4 N–H and O–H groups in total. The van der Waals surface area contributed by atoms with Crippen molar-refractivity contribution in [3.8, 4) is 0 Å². The van der Waals surface area contributed by atoms with Crippen LogP contribution in [0.4, 0.5) is 9.59 Å². The molecule has 6 heteroatoms. The van der Waals surface area contributed by atoms with Crippen LogP contribution >= 0.6 is 11.8 Å². The molecule has 0 fully saturated rings. The van der Waals surface area contributed by atoms with Gasteiger partial charge >= 0.3 is 12.1 Å². The summed E-state index contributed by atoms with van der Waals surface area (Å²) in [4.78, 5) is 21.3. The highest BCUT2D eigenvalue weighted by Gasteiger charge is 1.97. The van der Waals surface area contributed by atoms with E-state index >= 15 is 0 Å². The van der Waals surface area contributed by atoms with Crippen molar-refractivity contribution in [2.45, 2.75) is 0 Å². The van der Waals surface area contributed by atoms with Crippen LogP contribution in [0.3, 0.4) is 0 Å². The quantitative estimate of drug-likeness (QED) is 0.394. The van der Waals surface area contributed by atoms with Gasteiger partial charge in [0.1, 0.15) is 0 Å². The average Bonchev–Trinajstić information content (AvgIpc) is 1.65. The number of amides is 4. The molecule has 0 aromatic rings. The normalized spacial score (nSPS) is 7.62. The monoisotopic (exact) mass is 137 g/mol. The lowest BCUT2D eigenvalue weighted by molar-refractivity contribution is 0.235. The van der Waals surface area contributed by atoms with Crippen LogP contribution in [-0.2, 0) is 0 Å². The first kappa shape index (κ1) is 7.03. The van der Waals surface area contributed by atoms with Gasteiger partial charge in [-0.25, -0.2) is 14.4 Å². The predicted molar refractivity (Wildman–Crippen MR) is 27.1 cm³/mol. The number of hydrogen-bond acceptors (Lipinski definition) is 2. The zero-order chi connectivity index (χ0) is 6.57. The first-order chi connectivity index (χ1) is 3.66. The van der Waals surface area contributed by atoms with Crippen molar-refractivity contribution < 1.29 is 9.59 Å². The number of nitrogens with one attached hydrogen (secondary N) is 2. The maximum atomic E-state index is 9.97. The van der Waals surface area contributed by atoms with E-state index in [0.29, 0.717) is 0 Å². The van der Waals surface area contributed by atoms with Crippen LogP contribution in [0.15, 0.2) is 0 Å². The van der Waals surface area contributed by atoms with Crippen LogP contribution in [0.5, 0.6) is 0 Å². The molecular formula is C2H4ClN3O2. The summed E-state index contributed by atoms with van der Waals surface area (Å²) in [6.45, 7) is 0. The van der Waals surface area contributed by atoms with Crippen molar-refractivity contribution in [2.24, 2.45) is 5.73 Å². The first-order valence-electron chi connectivity index (χ1n) is 1.64. The molecular weight excluding hydrogens is 133 g/mol. The minimum atomic E-state index is -0.942. The van der Waals surface area contributed by atoms with Crippen molar-refractivity contribution in [2.75, 3.05) is 0 Å². The van der Waals surface area contributed by atoms with Gasteiger partial charge in [-0.2, -0.15) is 0 Å². The predicted octanol–water partition coefficient (Wildman–Crippen LogP) is -0.482. The lowest BCUT2D eigenvalue weighted by Gasteiger charge is -1.92. The third-order valence-electron chi connectivity index (χ3n) is 0.323. The van der Waals surface area contributed by atoms with Gasteiger partial charge in [0, 0.05) is 11.8 Å². The molecule has 0 radical (unpaired) electrons. The van der Waals surface area contributed by atoms with E-state index in [4.69, 9.17) is 11.8 Å². The molecule has 0 aliphatic carbocycles. The molecule has 0 aliphatic rings. The summed E-state index contributed by atoms with van der Waals surface area (Å²) in [7, 11) is 0. The van der Waals surface area contributed by atoms with Gasteiger partial charge in [-0.15, -0.1) is 0 Å². The van der Waals surface area contributed by atoms with Crippen molar-refractivity contribution >= 4 is 23.8 Å². The molecule has 0 heterocycles. The Labute approximate surface area is 50.3 Å². The maximum Gasteiger partial charge on any atom is 0.337 e. The number of rotatable bonds is 0. The molecule has 4 amide bonds. The van der Waals surface area contributed by atoms with Gasteiger partial charge in [0.15, 0.2) is 0 Å². The van der Waals surface area contributed by atoms with Crippen molar-refractivity contribution in [3.05, 3.63) is 0 Å². The molecule has 0 unspecified atom stereocenters.